The van der Waals surface area contributed by atoms with Crippen LogP contribution >= 0.6 is 0 Å². The zero-order chi connectivity index (χ0) is 12.5. The Hall–Kier alpha value is -0.630. The monoisotopic (exact) mass is 239 g/mol. The Morgan fingerprint density at radius 1 is 1.29 bits per heavy atom. The van der Waals surface area contributed by atoms with Crippen LogP contribution in [0.5, 0.6) is 0 Å². The number of nitriles is 1. The average molecular weight is 239 g/mol. The van der Waals surface area contributed by atoms with Crippen LogP contribution in [0.2, 0.25) is 0 Å². The molecule has 1 saturated heterocycles. The van der Waals surface area contributed by atoms with Gasteiger partial charge in [0.2, 0.25) is 0 Å². The average Bonchev–Trinajstić information content (AvgIpc) is 2.34. The van der Waals surface area contributed by atoms with Gasteiger partial charge in [0.25, 0.3) is 0 Å². The number of rotatable bonds is 7. The van der Waals surface area contributed by atoms with Crippen molar-refractivity contribution in [1.82, 2.24) is 9.80 Å². The third-order valence-corrected chi connectivity index (χ3v) is 3.44. The highest BCUT2D eigenvalue weighted by atomic mass is 16.5. The van der Waals surface area contributed by atoms with Gasteiger partial charge in [0.1, 0.15) is 0 Å². The highest BCUT2D eigenvalue weighted by Crippen LogP contribution is 2.10. The van der Waals surface area contributed by atoms with Crippen LogP contribution in [0.15, 0.2) is 0 Å². The fourth-order valence-electron chi connectivity index (χ4n) is 2.35. The minimum atomic E-state index is 0.620. The first-order chi connectivity index (χ1) is 8.27. The predicted molar refractivity (Wildman–Crippen MR) is 68.8 cm³/mol. The number of hydrogen-bond donors (Lipinski definition) is 0. The van der Waals surface area contributed by atoms with Gasteiger partial charge in [-0.15, -0.1) is 0 Å². The summed E-state index contributed by atoms with van der Waals surface area (Å²) in [6.07, 6.45) is 2.89. The van der Waals surface area contributed by atoms with E-state index in [-0.39, 0.29) is 0 Å². The summed E-state index contributed by atoms with van der Waals surface area (Å²) in [6.45, 7) is 8.74. The molecule has 0 radical (unpaired) electrons. The van der Waals surface area contributed by atoms with Gasteiger partial charge in [0, 0.05) is 45.8 Å². The second-order valence-electron chi connectivity index (χ2n) is 4.79. The molecule has 0 spiro atoms. The molecular weight excluding hydrogens is 214 g/mol. The highest BCUT2D eigenvalue weighted by Gasteiger charge is 2.22. The Labute approximate surface area is 105 Å². The maximum absolute atomic E-state index is 8.48. The van der Waals surface area contributed by atoms with Crippen LogP contribution in [-0.2, 0) is 4.74 Å². The van der Waals surface area contributed by atoms with Crippen molar-refractivity contribution in [2.75, 3.05) is 46.4 Å². The summed E-state index contributed by atoms with van der Waals surface area (Å²) in [5, 5.41) is 8.48. The van der Waals surface area contributed by atoms with E-state index in [9.17, 15) is 0 Å². The standard InChI is InChI=1S/C13H25N3O/c1-13-12-15(7-5-3-4-6-14)8-9-16(13)10-11-17-2/h13H,3-5,7-12H2,1-2H3. The van der Waals surface area contributed by atoms with Crippen LogP contribution < -0.4 is 0 Å². The second-order valence-corrected chi connectivity index (χ2v) is 4.79. The third-order valence-electron chi connectivity index (χ3n) is 3.44. The molecule has 0 bridgehead atoms. The molecule has 1 heterocycles. The molecule has 1 rings (SSSR count). The first-order valence-electron chi connectivity index (χ1n) is 6.60. The van der Waals surface area contributed by atoms with Gasteiger partial charge in [0.05, 0.1) is 12.7 Å². The Bertz CT molecular complexity index is 239. The SMILES string of the molecule is COCCN1CCN(CCCCC#N)CC1C. The molecule has 1 aliphatic heterocycles. The molecule has 4 nitrogen and oxygen atoms in total. The molecule has 0 aromatic heterocycles. The van der Waals surface area contributed by atoms with Gasteiger partial charge in [0.15, 0.2) is 0 Å². The summed E-state index contributed by atoms with van der Waals surface area (Å²) in [4.78, 5) is 5.01. The van der Waals surface area contributed by atoms with E-state index in [1.54, 1.807) is 7.11 Å². The molecule has 98 valence electrons. The number of nitrogens with zero attached hydrogens (tertiary/aromatic N) is 3. The van der Waals surface area contributed by atoms with E-state index in [2.05, 4.69) is 22.8 Å². The molecule has 1 fully saturated rings. The van der Waals surface area contributed by atoms with Gasteiger partial charge in [-0.1, -0.05) is 0 Å². The van der Waals surface area contributed by atoms with Crippen LogP contribution in [0.25, 0.3) is 0 Å². The number of methoxy groups -OCH3 is 1. The van der Waals surface area contributed by atoms with Crippen LogP contribution in [0.1, 0.15) is 26.2 Å². The van der Waals surface area contributed by atoms with E-state index in [4.69, 9.17) is 10.00 Å². The van der Waals surface area contributed by atoms with Gasteiger partial charge in [-0.2, -0.15) is 5.26 Å². The van der Waals surface area contributed by atoms with Crippen molar-refractivity contribution in [1.29, 1.82) is 5.26 Å². The minimum Gasteiger partial charge on any atom is -0.383 e. The van der Waals surface area contributed by atoms with E-state index < -0.39 is 0 Å². The smallest absolute Gasteiger partial charge is 0.0621 e. The Morgan fingerprint density at radius 3 is 2.76 bits per heavy atom. The molecule has 0 amide bonds. The molecule has 0 saturated carbocycles. The Balaban J connectivity index is 2.15. The predicted octanol–water partition coefficient (Wildman–Crippen LogP) is 1.33. The summed E-state index contributed by atoms with van der Waals surface area (Å²) >= 11 is 0. The quantitative estimate of drug-likeness (QED) is 0.628. The third kappa shape index (κ3) is 5.49. The number of piperazine rings is 1. The lowest BCUT2D eigenvalue weighted by Crippen LogP contribution is -2.52. The molecule has 0 aromatic rings. The van der Waals surface area contributed by atoms with Crippen LogP contribution in [0.3, 0.4) is 0 Å². The van der Waals surface area contributed by atoms with E-state index in [1.807, 2.05) is 0 Å². The fraction of sp³-hybridized carbons (Fsp3) is 0.923. The normalized spacial score (nSPS) is 22.5. The summed E-state index contributed by atoms with van der Waals surface area (Å²) in [5.74, 6) is 0. The van der Waals surface area contributed by atoms with Crippen molar-refractivity contribution in [3.8, 4) is 6.07 Å². The molecule has 0 aromatic carbocycles. The van der Waals surface area contributed by atoms with Crippen LogP contribution in [0.4, 0.5) is 0 Å². The largest absolute Gasteiger partial charge is 0.383 e. The molecular formula is C13H25N3O. The number of unbranched alkanes of at least 4 members (excludes halogenated alkanes) is 2. The number of hydrogen-bond acceptors (Lipinski definition) is 4. The van der Waals surface area contributed by atoms with E-state index in [1.165, 1.54) is 0 Å². The molecule has 0 N–H and O–H groups in total. The second kappa shape index (κ2) is 8.46. The summed E-state index contributed by atoms with van der Waals surface area (Å²) in [6, 6.07) is 2.82. The van der Waals surface area contributed by atoms with Gasteiger partial charge < -0.3 is 9.64 Å². The fourth-order valence-corrected chi connectivity index (χ4v) is 2.35. The Morgan fingerprint density at radius 2 is 2.12 bits per heavy atom. The highest BCUT2D eigenvalue weighted by molar-refractivity contribution is 4.79. The van der Waals surface area contributed by atoms with Crippen molar-refractivity contribution in [3.63, 3.8) is 0 Å². The maximum atomic E-state index is 8.48. The van der Waals surface area contributed by atoms with Gasteiger partial charge >= 0.3 is 0 Å². The zero-order valence-electron chi connectivity index (χ0n) is 11.2. The van der Waals surface area contributed by atoms with Crippen molar-refractivity contribution < 1.29 is 4.74 Å². The molecule has 1 aliphatic rings. The van der Waals surface area contributed by atoms with Crippen molar-refractivity contribution in [2.45, 2.75) is 32.2 Å². The summed E-state index contributed by atoms with van der Waals surface area (Å²) in [7, 11) is 1.76. The van der Waals surface area contributed by atoms with E-state index in [0.29, 0.717) is 12.5 Å². The molecule has 1 atom stereocenters. The van der Waals surface area contributed by atoms with Gasteiger partial charge in [-0.25, -0.2) is 0 Å². The Kier molecular flexibility index (Phi) is 7.18. The maximum Gasteiger partial charge on any atom is 0.0621 e. The summed E-state index contributed by atoms with van der Waals surface area (Å²) in [5.41, 5.74) is 0. The molecule has 4 heteroatoms. The topological polar surface area (TPSA) is 39.5 Å². The van der Waals surface area contributed by atoms with E-state index in [0.717, 1.165) is 52.2 Å². The first-order valence-corrected chi connectivity index (χ1v) is 6.60. The lowest BCUT2D eigenvalue weighted by molar-refractivity contribution is 0.0584. The molecule has 0 aliphatic carbocycles. The van der Waals surface area contributed by atoms with Crippen molar-refractivity contribution >= 4 is 0 Å². The molecule has 17 heavy (non-hydrogen) atoms. The van der Waals surface area contributed by atoms with Gasteiger partial charge in [-0.05, 0) is 26.3 Å². The minimum absolute atomic E-state index is 0.620. The van der Waals surface area contributed by atoms with Crippen LogP contribution in [-0.4, -0.2) is 62.3 Å². The zero-order valence-corrected chi connectivity index (χ0v) is 11.2. The lowest BCUT2D eigenvalue weighted by Gasteiger charge is -2.39. The van der Waals surface area contributed by atoms with E-state index >= 15 is 0 Å². The molecule has 1 unspecified atom stereocenters. The van der Waals surface area contributed by atoms with Crippen LogP contribution in [0, 0.1) is 11.3 Å². The van der Waals surface area contributed by atoms with Crippen molar-refractivity contribution in [3.05, 3.63) is 0 Å². The van der Waals surface area contributed by atoms with Crippen molar-refractivity contribution in [2.24, 2.45) is 0 Å². The number of ether oxygens (including phenoxy) is 1. The summed E-state index contributed by atoms with van der Waals surface area (Å²) < 4.78 is 5.13. The van der Waals surface area contributed by atoms with Gasteiger partial charge in [-0.3, -0.25) is 4.90 Å². The first kappa shape index (κ1) is 14.4. The lowest BCUT2D eigenvalue weighted by atomic mass is 10.1.